The summed E-state index contributed by atoms with van der Waals surface area (Å²) in [5.74, 6) is 1.51. The summed E-state index contributed by atoms with van der Waals surface area (Å²) in [6.45, 7) is 4.42. The Morgan fingerprint density at radius 2 is 1.88 bits per heavy atom. The number of ether oxygens (including phenoxy) is 1. The molecular weight excluding hydrogens is 316 g/mol. The van der Waals surface area contributed by atoms with Crippen LogP contribution in [0, 0.1) is 0 Å². The number of benzene rings is 1. The second kappa shape index (κ2) is 7.89. The lowest BCUT2D eigenvalue weighted by atomic mass is 9.80. The zero-order valence-corrected chi connectivity index (χ0v) is 15.3. The largest absolute Gasteiger partial charge is 0.497 e. The Balaban J connectivity index is 1.65. The third-order valence-electron chi connectivity index (χ3n) is 5.50. The molecule has 5 heteroatoms. The molecular formula is C20H28N2O3. The van der Waals surface area contributed by atoms with Crippen LogP contribution >= 0.6 is 0 Å². The van der Waals surface area contributed by atoms with Crippen molar-refractivity contribution in [2.45, 2.75) is 44.9 Å². The zero-order chi connectivity index (χ0) is 17.8. The molecule has 0 radical (unpaired) electrons. The van der Waals surface area contributed by atoms with Crippen molar-refractivity contribution in [3.05, 3.63) is 29.3 Å². The van der Waals surface area contributed by atoms with Crippen molar-refractivity contribution in [1.29, 1.82) is 0 Å². The van der Waals surface area contributed by atoms with Gasteiger partial charge < -0.3 is 14.5 Å². The number of carbonyl (C=O) groups excluding carboxylic acids is 2. The molecule has 0 saturated carbocycles. The maximum absolute atomic E-state index is 12.8. The van der Waals surface area contributed by atoms with Crippen LogP contribution < -0.4 is 4.74 Å². The summed E-state index contributed by atoms with van der Waals surface area (Å²) in [5.41, 5.74) is 2.63. The molecule has 1 fully saturated rings. The molecule has 2 amide bonds. The maximum Gasteiger partial charge on any atom is 0.223 e. The summed E-state index contributed by atoms with van der Waals surface area (Å²) in [5, 5.41) is 0. The summed E-state index contributed by atoms with van der Waals surface area (Å²) < 4.78 is 5.33. The lowest BCUT2D eigenvalue weighted by Crippen LogP contribution is -2.37. The third kappa shape index (κ3) is 4.14. The van der Waals surface area contributed by atoms with E-state index in [2.05, 4.69) is 12.1 Å². The predicted molar refractivity (Wildman–Crippen MR) is 96.7 cm³/mol. The lowest BCUT2D eigenvalue weighted by Gasteiger charge is -2.28. The van der Waals surface area contributed by atoms with Gasteiger partial charge in [-0.3, -0.25) is 9.59 Å². The van der Waals surface area contributed by atoms with E-state index in [1.165, 1.54) is 11.1 Å². The zero-order valence-electron chi connectivity index (χ0n) is 15.3. The fraction of sp³-hybridized carbons (Fsp3) is 0.600. The molecule has 0 spiro atoms. The fourth-order valence-electron chi connectivity index (χ4n) is 4.05. The van der Waals surface area contributed by atoms with Crippen molar-refractivity contribution in [1.82, 2.24) is 9.80 Å². The van der Waals surface area contributed by atoms with Crippen LogP contribution in [0.4, 0.5) is 0 Å². The van der Waals surface area contributed by atoms with Gasteiger partial charge in [0.25, 0.3) is 0 Å². The molecule has 2 aliphatic rings. The molecule has 5 nitrogen and oxygen atoms in total. The molecule has 0 bridgehead atoms. The Morgan fingerprint density at radius 3 is 2.64 bits per heavy atom. The highest BCUT2D eigenvalue weighted by Crippen LogP contribution is 2.36. The quantitative estimate of drug-likeness (QED) is 0.847. The number of amides is 2. The lowest BCUT2D eigenvalue weighted by molar-refractivity contribution is -0.133. The Kier molecular flexibility index (Phi) is 5.61. The molecule has 1 aliphatic carbocycles. The third-order valence-corrected chi connectivity index (χ3v) is 5.50. The van der Waals surface area contributed by atoms with Gasteiger partial charge in [0.2, 0.25) is 11.8 Å². The van der Waals surface area contributed by atoms with Gasteiger partial charge in [-0.15, -0.1) is 0 Å². The summed E-state index contributed by atoms with van der Waals surface area (Å²) in [6.07, 6.45) is 4.69. The number of nitrogens with zero attached hydrogens (tertiary/aromatic N) is 2. The standard InChI is InChI=1S/C20H28N2O3/c1-15(23)21-9-4-10-22(12-11-21)20(24)14-17-6-3-5-16-13-18(25-2)7-8-19(16)17/h7-8,13,17H,3-6,9-12,14H2,1-2H3/t17-/m1/s1. The van der Waals surface area contributed by atoms with Gasteiger partial charge in [0, 0.05) is 39.5 Å². The molecule has 1 heterocycles. The van der Waals surface area contributed by atoms with Gasteiger partial charge in [-0.25, -0.2) is 0 Å². The molecule has 1 saturated heterocycles. The van der Waals surface area contributed by atoms with Gasteiger partial charge in [0.15, 0.2) is 0 Å². The van der Waals surface area contributed by atoms with Gasteiger partial charge >= 0.3 is 0 Å². The molecule has 1 aliphatic heterocycles. The molecule has 25 heavy (non-hydrogen) atoms. The smallest absolute Gasteiger partial charge is 0.223 e. The van der Waals surface area contributed by atoms with E-state index in [4.69, 9.17) is 4.74 Å². The van der Waals surface area contributed by atoms with Crippen LogP contribution in [-0.4, -0.2) is 54.9 Å². The molecule has 1 atom stereocenters. The van der Waals surface area contributed by atoms with Crippen LogP contribution in [0.25, 0.3) is 0 Å². The van der Waals surface area contributed by atoms with Crippen molar-refractivity contribution in [2.24, 2.45) is 0 Å². The first-order chi connectivity index (χ1) is 12.1. The van der Waals surface area contributed by atoms with E-state index in [0.717, 1.165) is 44.5 Å². The van der Waals surface area contributed by atoms with Gasteiger partial charge in [-0.05, 0) is 54.9 Å². The number of methoxy groups -OCH3 is 1. The van der Waals surface area contributed by atoms with Crippen molar-refractivity contribution >= 4 is 11.8 Å². The molecule has 1 aromatic rings. The summed E-state index contributed by atoms with van der Waals surface area (Å²) in [4.78, 5) is 28.2. The van der Waals surface area contributed by atoms with Crippen LogP contribution in [0.5, 0.6) is 5.75 Å². The number of hydrogen-bond donors (Lipinski definition) is 0. The number of fused-ring (bicyclic) bond motifs is 1. The maximum atomic E-state index is 12.8. The van der Waals surface area contributed by atoms with E-state index in [9.17, 15) is 9.59 Å². The van der Waals surface area contributed by atoms with Crippen molar-refractivity contribution < 1.29 is 14.3 Å². The van der Waals surface area contributed by atoms with Gasteiger partial charge in [0.05, 0.1) is 7.11 Å². The molecule has 3 rings (SSSR count). The average Bonchev–Trinajstić information content (AvgIpc) is 2.88. The first-order valence-electron chi connectivity index (χ1n) is 9.28. The monoisotopic (exact) mass is 344 g/mol. The predicted octanol–water partition coefficient (Wildman–Crippen LogP) is 2.59. The minimum atomic E-state index is 0.101. The van der Waals surface area contributed by atoms with E-state index < -0.39 is 0 Å². The van der Waals surface area contributed by atoms with Crippen LogP contribution in [0.3, 0.4) is 0 Å². The molecule has 0 aromatic heterocycles. The highest BCUT2D eigenvalue weighted by Gasteiger charge is 2.26. The number of carbonyl (C=O) groups is 2. The minimum absolute atomic E-state index is 0.101. The van der Waals surface area contributed by atoms with E-state index in [0.29, 0.717) is 25.4 Å². The summed E-state index contributed by atoms with van der Waals surface area (Å²) >= 11 is 0. The molecule has 0 unspecified atom stereocenters. The van der Waals surface area contributed by atoms with Crippen molar-refractivity contribution in [3.8, 4) is 5.75 Å². The summed E-state index contributed by atoms with van der Waals surface area (Å²) in [6, 6.07) is 6.24. The van der Waals surface area contributed by atoms with Gasteiger partial charge in [-0.1, -0.05) is 6.07 Å². The first kappa shape index (κ1) is 17.8. The van der Waals surface area contributed by atoms with E-state index in [1.807, 2.05) is 15.9 Å². The SMILES string of the molecule is COc1ccc2c(c1)CCC[C@@H]2CC(=O)N1CCCN(C(C)=O)CC1. The second-order valence-corrected chi connectivity index (χ2v) is 7.10. The van der Waals surface area contributed by atoms with Crippen LogP contribution in [0.2, 0.25) is 0 Å². The van der Waals surface area contributed by atoms with Crippen molar-refractivity contribution in [2.75, 3.05) is 33.3 Å². The topological polar surface area (TPSA) is 49.9 Å². The Bertz CT molecular complexity index is 644. The minimum Gasteiger partial charge on any atom is -0.497 e. The number of rotatable bonds is 3. The number of hydrogen-bond acceptors (Lipinski definition) is 3. The van der Waals surface area contributed by atoms with Crippen LogP contribution in [-0.2, 0) is 16.0 Å². The average molecular weight is 344 g/mol. The molecule has 136 valence electrons. The highest BCUT2D eigenvalue weighted by atomic mass is 16.5. The fourth-order valence-corrected chi connectivity index (χ4v) is 4.05. The van der Waals surface area contributed by atoms with Gasteiger partial charge in [0.1, 0.15) is 5.75 Å². The van der Waals surface area contributed by atoms with Crippen LogP contribution in [0.15, 0.2) is 18.2 Å². The second-order valence-electron chi connectivity index (χ2n) is 7.10. The Morgan fingerprint density at radius 1 is 1.12 bits per heavy atom. The van der Waals surface area contributed by atoms with E-state index >= 15 is 0 Å². The van der Waals surface area contributed by atoms with E-state index in [1.54, 1.807) is 14.0 Å². The van der Waals surface area contributed by atoms with Crippen LogP contribution in [0.1, 0.15) is 49.7 Å². The molecule has 0 N–H and O–H groups in total. The highest BCUT2D eigenvalue weighted by molar-refractivity contribution is 5.78. The summed E-state index contributed by atoms with van der Waals surface area (Å²) in [7, 11) is 1.69. The Labute approximate surface area is 149 Å². The number of aryl methyl sites for hydroxylation is 1. The van der Waals surface area contributed by atoms with Gasteiger partial charge in [-0.2, -0.15) is 0 Å². The van der Waals surface area contributed by atoms with Crippen molar-refractivity contribution in [3.63, 3.8) is 0 Å². The first-order valence-corrected chi connectivity index (χ1v) is 9.28. The van der Waals surface area contributed by atoms with E-state index in [-0.39, 0.29) is 11.8 Å². The Hall–Kier alpha value is -2.04. The normalized spacial score (nSPS) is 20.6. The molecule has 1 aromatic carbocycles.